The number of aromatic nitrogens is 4. The predicted octanol–water partition coefficient (Wildman–Crippen LogP) is 4.64. The average molecular weight is 1190 g/mol. The minimum Gasteiger partial charge on any atom is -0.489 e. The number of hydrogen-bond donors (Lipinski definition) is 1. The fourth-order valence-electron chi connectivity index (χ4n) is 13.1. The standard InChI is InChI=1S/C64H72N12O11/c1-64(2,3)87-61(82)55(30-54(57(65)78)75-36-44-29-46(7-9-50(44)59(75)80)86-48-15-17-71(38-48)34-40-5-11-52-42(27-40)32-67-63(69-52)73-20-24-84-25-21-73)76-56(77)13-12-53(60(76)81)74-35-43-28-45(6-8-49(43)58(74)79)85-47-14-16-70(37-47)33-39-4-10-51-41(26-39)31-66-62(68-51)72-18-22-83-23-19-72/h4-11,26-29,31-32,47-48,53-55H,12-25,30,33-38H2,1-3H3,(H2,65,78)/t47-,48-,53-,54-,55-/m0/s1. The molecule has 0 aliphatic carbocycles. The normalized spacial score (nSPS) is 21.9. The van der Waals surface area contributed by atoms with E-state index in [0.717, 1.165) is 103 Å². The molecule has 9 heterocycles. The molecular weight excluding hydrogens is 1110 g/mol. The molecule has 5 atom stereocenters. The summed E-state index contributed by atoms with van der Waals surface area (Å²) >= 11 is 0. The van der Waals surface area contributed by atoms with Crippen LogP contribution < -0.4 is 25.0 Å². The molecule has 4 aromatic carbocycles. The van der Waals surface area contributed by atoms with Crippen molar-refractivity contribution in [2.45, 2.75) is 115 Å². The maximum Gasteiger partial charge on any atom is 0.329 e. The van der Waals surface area contributed by atoms with Gasteiger partial charge in [-0.2, -0.15) is 0 Å². The number of carbonyl (C=O) groups excluding carboxylic acids is 6. The molecular formula is C64H72N12O11. The first-order chi connectivity index (χ1) is 42.0. The number of esters is 1. The number of fused-ring (bicyclic) bond motifs is 4. The van der Waals surface area contributed by atoms with Gasteiger partial charge in [0.2, 0.25) is 23.7 Å². The van der Waals surface area contributed by atoms with Gasteiger partial charge >= 0.3 is 5.97 Å². The van der Waals surface area contributed by atoms with Gasteiger partial charge in [0.15, 0.2) is 0 Å². The van der Waals surface area contributed by atoms with E-state index in [2.05, 4.69) is 53.8 Å². The Kier molecular flexibility index (Phi) is 16.0. The maximum absolute atomic E-state index is 14.9. The number of primary amides is 1. The van der Waals surface area contributed by atoms with Crippen LogP contribution in [0.15, 0.2) is 85.2 Å². The summed E-state index contributed by atoms with van der Waals surface area (Å²) < 4.78 is 29.8. The summed E-state index contributed by atoms with van der Waals surface area (Å²) in [5.74, 6) is -1.70. The van der Waals surface area contributed by atoms with Crippen molar-refractivity contribution < 1.29 is 52.5 Å². The first-order valence-corrected chi connectivity index (χ1v) is 30.2. The van der Waals surface area contributed by atoms with Crippen LogP contribution in [0, 0.1) is 0 Å². The number of hydrogen-bond acceptors (Lipinski definition) is 19. The second-order valence-electron chi connectivity index (χ2n) is 24.7. The van der Waals surface area contributed by atoms with E-state index in [1.165, 1.54) is 9.80 Å². The molecule has 5 amide bonds. The third-order valence-corrected chi connectivity index (χ3v) is 17.5. The second-order valence-corrected chi connectivity index (χ2v) is 24.7. The highest BCUT2D eigenvalue weighted by atomic mass is 16.6. The quantitative estimate of drug-likeness (QED) is 0.0965. The number of anilines is 2. The van der Waals surface area contributed by atoms with E-state index < -0.39 is 65.7 Å². The molecule has 0 spiro atoms. The fraction of sp³-hybridized carbons (Fsp3) is 0.469. The van der Waals surface area contributed by atoms with Crippen molar-refractivity contribution in [2.75, 3.05) is 88.6 Å². The zero-order chi connectivity index (χ0) is 60.1. The third kappa shape index (κ3) is 12.3. The van der Waals surface area contributed by atoms with E-state index in [-0.39, 0.29) is 38.1 Å². The van der Waals surface area contributed by atoms with Gasteiger partial charge in [0, 0.05) is 126 Å². The molecule has 2 aromatic heterocycles. The maximum atomic E-state index is 14.9. The van der Waals surface area contributed by atoms with Gasteiger partial charge in [-0.15, -0.1) is 0 Å². The Balaban J connectivity index is 0.637. The summed E-state index contributed by atoms with van der Waals surface area (Å²) in [6.45, 7) is 15.1. The molecule has 5 saturated heterocycles. The van der Waals surface area contributed by atoms with E-state index in [4.69, 9.17) is 39.4 Å². The van der Waals surface area contributed by atoms with Crippen LogP contribution in [0.3, 0.4) is 0 Å². The molecule has 6 aromatic rings. The second kappa shape index (κ2) is 24.1. The number of nitrogens with zero attached hydrogens (tertiary/aromatic N) is 11. The molecule has 454 valence electrons. The van der Waals surface area contributed by atoms with Gasteiger partial charge in [0.05, 0.1) is 37.5 Å². The SMILES string of the molecule is CC(C)(C)OC(=O)[C@H](C[C@@H](C(N)=O)N1Cc2cc(O[C@H]3CCN(Cc4ccc5nc(N6CCOCC6)ncc5c4)C3)ccc2C1=O)N1C(=O)CC[C@H](N2Cc3cc(O[C@H]4CCN(Cc5ccc6nc(N7CCOCC7)ncc6c5)C4)ccc3C2=O)C1=O. The van der Waals surface area contributed by atoms with E-state index in [1.807, 2.05) is 30.6 Å². The Morgan fingerprint density at radius 3 is 1.70 bits per heavy atom. The number of ether oxygens (including phenoxy) is 5. The molecule has 0 radical (unpaired) electrons. The van der Waals surface area contributed by atoms with Gasteiger partial charge in [-0.05, 0) is 123 Å². The monoisotopic (exact) mass is 1180 g/mol. The van der Waals surface area contributed by atoms with Gasteiger partial charge in [-0.1, -0.05) is 12.1 Å². The van der Waals surface area contributed by atoms with Crippen LogP contribution in [0.5, 0.6) is 11.5 Å². The molecule has 2 N–H and O–H groups in total. The summed E-state index contributed by atoms with van der Waals surface area (Å²) in [6, 6.07) is 18.8. The van der Waals surface area contributed by atoms with Crippen LogP contribution in [0.2, 0.25) is 0 Å². The van der Waals surface area contributed by atoms with E-state index in [9.17, 15) is 28.8 Å². The highest BCUT2D eigenvalue weighted by Crippen LogP contribution is 2.36. The lowest BCUT2D eigenvalue weighted by Crippen LogP contribution is -2.61. The number of imide groups is 1. The van der Waals surface area contributed by atoms with Crippen LogP contribution >= 0.6 is 0 Å². The lowest BCUT2D eigenvalue weighted by Gasteiger charge is -2.40. The smallest absolute Gasteiger partial charge is 0.329 e. The Bertz CT molecular complexity index is 3680. The molecule has 13 rings (SSSR count). The minimum atomic E-state index is -1.67. The summed E-state index contributed by atoms with van der Waals surface area (Å²) in [5.41, 5.74) is 11.1. The Morgan fingerprint density at radius 2 is 1.17 bits per heavy atom. The Labute approximate surface area is 503 Å². The van der Waals surface area contributed by atoms with Gasteiger partial charge < -0.3 is 49.0 Å². The van der Waals surface area contributed by atoms with E-state index in [0.29, 0.717) is 85.2 Å². The summed E-state index contributed by atoms with van der Waals surface area (Å²) in [6.07, 6.45) is 4.42. The minimum absolute atomic E-state index is 0.00957. The van der Waals surface area contributed by atoms with Gasteiger partial charge in [-0.3, -0.25) is 38.7 Å². The van der Waals surface area contributed by atoms with Crippen molar-refractivity contribution in [3.8, 4) is 11.5 Å². The summed E-state index contributed by atoms with van der Waals surface area (Å²) in [7, 11) is 0. The third-order valence-electron chi connectivity index (χ3n) is 17.5. The largest absolute Gasteiger partial charge is 0.489 e. The Morgan fingerprint density at radius 1 is 0.644 bits per heavy atom. The molecule has 7 aliphatic rings. The van der Waals surface area contributed by atoms with Crippen LogP contribution in [-0.4, -0.2) is 195 Å². The highest BCUT2D eigenvalue weighted by molar-refractivity contribution is 6.08. The van der Waals surface area contributed by atoms with Crippen molar-refractivity contribution in [3.63, 3.8) is 0 Å². The van der Waals surface area contributed by atoms with Crippen molar-refractivity contribution in [1.82, 2.24) is 44.4 Å². The predicted molar refractivity (Wildman–Crippen MR) is 318 cm³/mol. The average Bonchev–Trinajstić information content (AvgIpc) is 3.12. The lowest BCUT2D eigenvalue weighted by molar-refractivity contribution is -0.173. The van der Waals surface area contributed by atoms with Crippen molar-refractivity contribution in [1.29, 1.82) is 0 Å². The number of piperidine rings is 1. The summed E-state index contributed by atoms with van der Waals surface area (Å²) in [4.78, 5) is 117. The lowest BCUT2D eigenvalue weighted by atomic mass is 9.96. The number of carbonyl (C=O) groups is 6. The fourth-order valence-corrected chi connectivity index (χ4v) is 13.1. The number of amides is 5. The Hall–Kier alpha value is -8.38. The zero-order valence-corrected chi connectivity index (χ0v) is 49.3. The topological polar surface area (TPSA) is 249 Å². The zero-order valence-electron chi connectivity index (χ0n) is 49.3. The van der Waals surface area contributed by atoms with Crippen LogP contribution in [0.25, 0.3) is 21.8 Å². The number of likely N-dealkylation sites (tertiary alicyclic amines) is 3. The number of rotatable bonds is 17. The molecule has 5 fully saturated rings. The number of nitrogens with two attached hydrogens (primary N) is 1. The first kappa shape index (κ1) is 57.7. The van der Waals surface area contributed by atoms with Crippen molar-refractivity contribution in [3.05, 3.63) is 119 Å². The molecule has 7 aliphatic heterocycles. The number of benzene rings is 4. The van der Waals surface area contributed by atoms with Crippen LogP contribution in [-0.2, 0) is 59.6 Å². The molecule has 0 saturated carbocycles. The van der Waals surface area contributed by atoms with Crippen molar-refractivity contribution in [2.24, 2.45) is 5.73 Å². The van der Waals surface area contributed by atoms with Crippen LogP contribution in [0.4, 0.5) is 11.9 Å². The van der Waals surface area contributed by atoms with Crippen LogP contribution in [0.1, 0.15) is 95.8 Å². The molecule has 0 unspecified atom stereocenters. The molecule has 23 heteroatoms. The van der Waals surface area contributed by atoms with Crippen molar-refractivity contribution >= 4 is 69.2 Å². The van der Waals surface area contributed by atoms with E-state index >= 15 is 0 Å². The first-order valence-electron chi connectivity index (χ1n) is 30.2. The van der Waals surface area contributed by atoms with Gasteiger partial charge in [0.25, 0.3) is 17.7 Å². The van der Waals surface area contributed by atoms with Gasteiger partial charge in [-0.25, -0.2) is 24.7 Å². The number of morpholine rings is 2. The molecule has 87 heavy (non-hydrogen) atoms. The highest BCUT2D eigenvalue weighted by Gasteiger charge is 2.50. The summed E-state index contributed by atoms with van der Waals surface area (Å²) in [5, 5.41) is 1.95. The van der Waals surface area contributed by atoms with Gasteiger partial charge in [0.1, 0.15) is 47.4 Å². The molecule has 23 nitrogen and oxygen atoms in total. The molecule has 0 bridgehead atoms. The van der Waals surface area contributed by atoms with E-state index in [1.54, 1.807) is 51.1 Å².